The van der Waals surface area contributed by atoms with Gasteiger partial charge in [0.25, 0.3) is 0 Å². The molecule has 116 valence electrons. The zero-order chi connectivity index (χ0) is 15.2. The monoisotopic (exact) mass is 292 g/mol. The van der Waals surface area contributed by atoms with Crippen molar-refractivity contribution in [3.8, 4) is 11.5 Å². The molecule has 1 fully saturated rings. The minimum Gasteiger partial charge on any atom is -0.497 e. The van der Waals surface area contributed by atoms with Crippen LogP contribution in [-0.2, 0) is 4.79 Å². The second kappa shape index (κ2) is 7.31. The fourth-order valence-corrected chi connectivity index (χ4v) is 2.77. The Morgan fingerprint density at radius 1 is 1.29 bits per heavy atom. The summed E-state index contributed by atoms with van der Waals surface area (Å²) < 4.78 is 10.6. The Hall–Kier alpha value is -1.75. The van der Waals surface area contributed by atoms with Gasteiger partial charge >= 0.3 is 0 Å². The minimum absolute atomic E-state index is 0.0985. The Morgan fingerprint density at radius 2 is 1.95 bits per heavy atom. The summed E-state index contributed by atoms with van der Waals surface area (Å²) in [5.74, 6) is 2.14. The first-order valence-corrected chi connectivity index (χ1v) is 7.38. The smallest absolute Gasteiger partial charge is 0.234 e. The number of likely N-dealkylation sites (N-methyl/N-ethyl adjacent to an activating group) is 1. The summed E-state index contributed by atoms with van der Waals surface area (Å²) in [6.45, 7) is 4.94. The third kappa shape index (κ3) is 4.11. The molecule has 1 aromatic carbocycles. The van der Waals surface area contributed by atoms with E-state index in [0.29, 0.717) is 19.0 Å². The van der Waals surface area contributed by atoms with Crippen molar-refractivity contribution in [3.05, 3.63) is 23.8 Å². The van der Waals surface area contributed by atoms with Crippen LogP contribution in [0.25, 0.3) is 0 Å². The second-order valence-electron chi connectivity index (χ2n) is 5.32. The molecule has 5 heteroatoms. The van der Waals surface area contributed by atoms with Gasteiger partial charge in [0.2, 0.25) is 5.91 Å². The molecule has 0 aromatic heterocycles. The van der Waals surface area contributed by atoms with Gasteiger partial charge in [-0.05, 0) is 43.5 Å². The molecule has 2 rings (SSSR count). The summed E-state index contributed by atoms with van der Waals surface area (Å²) in [5.41, 5.74) is 1.21. The number of carbonyl (C=O) groups is 1. The largest absolute Gasteiger partial charge is 0.497 e. The molecule has 1 aliphatic rings. The van der Waals surface area contributed by atoms with E-state index in [1.165, 1.54) is 5.56 Å². The zero-order valence-corrected chi connectivity index (χ0v) is 13.0. The van der Waals surface area contributed by atoms with Crippen molar-refractivity contribution >= 4 is 5.91 Å². The zero-order valence-electron chi connectivity index (χ0n) is 13.0. The Balaban J connectivity index is 2.02. The van der Waals surface area contributed by atoms with Crippen LogP contribution in [0.15, 0.2) is 18.2 Å². The minimum atomic E-state index is 0.0985. The third-order valence-corrected chi connectivity index (χ3v) is 3.86. The molecule has 1 N–H and O–H groups in total. The van der Waals surface area contributed by atoms with E-state index in [0.717, 1.165) is 31.0 Å². The van der Waals surface area contributed by atoms with Crippen LogP contribution in [0, 0.1) is 0 Å². The van der Waals surface area contributed by atoms with Crippen LogP contribution in [0.5, 0.6) is 11.5 Å². The highest BCUT2D eigenvalue weighted by atomic mass is 16.5. The molecule has 0 radical (unpaired) electrons. The molecule has 1 heterocycles. The summed E-state index contributed by atoms with van der Waals surface area (Å²) in [5, 5.41) is 2.84. The van der Waals surface area contributed by atoms with Crippen LogP contribution in [-0.4, -0.2) is 51.2 Å². The highest BCUT2D eigenvalue weighted by Gasteiger charge is 2.25. The Bertz CT molecular complexity index is 468. The van der Waals surface area contributed by atoms with E-state index in [9.17, 15) is 4.79 Å². The van der Waals surface area contributed by atoms with Crippen LogP contribution in [0.4, 0.5) is 0 Å². The van der Waals surface area contributed by atoms with Crippen LogP contribution in [0.1, 0.15) is 24.8 Å². The topological polar surface area (TPSA) is 50.8 Å². The van der Waals surface area contributed by atoms with Crippen molar-refractivity contribution < 1.29 is 14.3 Å². The van der Waals surface area contributed by atoms with Crippen molar-refractivity contribution in [1.29, 1.82) is 0 Å². The first-order valence-electron chi connectivity index (χ1n) is 7.38. The van der Waals surface area contributed by atoms with Gasteiger partial charge in [-0.15, -0.1) is 0 Å². The number of amides is 1. The number of hydrogen-bond acceptors (Lipinski definition) is 4. The number of rotatable bonds is 6. The molecule has 0 bridgehead atoms. The number of nitrogens with zero attached hydrogens (tertiary/aromatic N) is 1. The van der Waals surface area contributed by atoms with Gasteiger partial charge in [0.05, 0.1) is 20.8 Å². The summed E-state index contributed by atoms with van der Waals surface area (Å²) >= 11 is 0. The van der Waals surface area contributed by atoms with E-state index in [1.54, 1.807) is 14.2 Å². The van der Waals surface area contributed by atoms with Crippen molar-refractivity contribution in [2.45, 2.75) is 19.3 Å². The molecule has 5 nitrogen and oxygen atoms in total. The number of hydrogen-bond donors (Lipinski definition) is 1. The van der Waals surface area contributed by atoms with E-state index >= 15 is 0 Å². The van der Waals surface area contributed by atoms with E-state index in [2.05, 4.69) is 22.3 Å². The van der Waals surface area contributed by atoms with Gasteiger partial charge in [0.1, 0.15) is 11.5 Å². The number of likely N-dealkylation sites (tertiary alicyclic amines) is 1. The van der Waals surface area contributed by atoms with E-state index < -0.39 is 0 Å². The molecule has 1 amide bonds. The molecular weight excluding hydrogens is 268 g/mol. The van der Waals surface area contributed by atoms with Crippen LogP contribution in [0.2, 0.25) is 0 Å². The Labute approximate surface area is 126 Å². The van der Waals surface area contributed by atoms with Crippen molar-refractivity contribution in [3.63, 3.8) is 0 Å². The third-order valence-electron chi connectivity index (χ3n) is 3.86. The predicted octanol–water partition coefficient (Wildman–Crippen LogP) is 1.63. The van der Waals surface area contributed by atoms with Crippen molar-refractivity contribution in [2.75, 3.05) is 40.4 Å². The summed E-state index contributed by atoms with van der Waals surface area (Å²) in [6.07, 6.45) is 1.05. The van der Waals surface area contributed by atoms with Gasteiger partial charge in [-0.25, -0.2) is 0 Å². The van der Waals surface area contributed by atoms with E-state index in [4.69, 9.17) is 9.47 Å². The molecule has 21 heavy (non-hydrogen) atoms. The molecule has 1 aliphatic heterocycles. The summed E-state index contributed by atoms with van der Waals surface area (Å²) in [7, 11) is 3.32. The highest BCUT2D eigenvalue weighted by molar-refractivity contribution is 5.78. The molecule has 0 aliphatic carbocycles. The number of benzene rings is 1. The quantitative estimate of drug-likeness (QED) is 0.866. The number of nitrogens with one attached hydrogen (secondary N) is 1. The fourth-order valence-electron chi connectivity index (χ4n) is 2.77. The number of carbonyl (C=O) groups excluding carboxylic acids is 1. The highest BCUT2D eigenvalue weighted by Crippen LogP contribution is 2.32. The van der Waals surface area contributed by atoms with Crippen LogP contribution < -0.4 is 14.8 Å². The average molecular weight is 292 g/mol. The predicted molar refractivity (Wildman–Crippen MR) is 82.0 cm³/mol. The molecule has 1 atom stereocenters. The average Bonchev–Trinajstić information content (AvgIpc) is 2.95. The van der Waals surface area contributed by atoms with E-state index in [-0.39, 0.29) is 5.91 Å². The number of methoxy groups -OCH3 is 2. The maximum atomic E-state index is 11.7. The second-order valence-corrected chi connectivity index (χ2v) is 5.32. The Kier molecular flexibility index (Phi) is 5.44. The molecule has 1 saturated heterocycles. The molecule has 0 unspecified atom stereocenters. The van der Waals surface area contributed by atoms with Gasteiger partial charge in [-0.3, -0.25) is 9.69 Å². The van der Waals surface area contributed by atoms with Gasteiger partial charge in [0.15, 0.2) is 0 Å². The van der Waals surface area contributed by atoms with Crippen molar-refractivity contribution in [2.24, 2.45) is 0 Å². The lowest BCUT2D eigenvalue weighted by Crippen LogP contribution is -2.35. The van der Waals surface area contributed by atoms with Gasteiger partial charge < -0.3 is 14.8 Å². The summed E-state index contributed by atoms with van der Waals surface area (Å²) in [6, 6.07) is 6.00. The number of ether oxygens (including phenoxy) is 2. The maximum absolute atomic E-state index is 11.7. The van der Waals surface area contributed by atoms with Crippen LogP contribution in [0.3, 0.4) is 0 Å². The molecule has 1 aromatic rings. The molecular formula is C16H24N2O3. The Morgan fingerprint density at radius 3 is 2.52 bits per heavy atom. The normalized spacial score (nSPS) is 18.5. The lowest BCUT2D eigenvalue weighted by atomic mass is 9.98. The summed E-state index contributed by atoms with van der Waals surface area (Å²) in [4.78, 5) is 13.8. The van der Waals surface area contributed by atoms with Crippen molar-refractivity contribution in [1.82, 2.24) is 10.2 Å². The lowest BCUT2D eigenvalue weighted by molar-refractivity contribution is -0.121. The SMILES string of the molecule is CCNC(=O)CN1CC[C@H](c2cc(OC)cc(OC)c2)C1. The standard InChI is InChI=1S/C16H24N2O3/c1-4-17-16(19)11-18-6-5-12(10-18)13-7-14(20-2)9-15(8-13)21-3/h7-9,12H,4-6,10-11H2,1-3H3,(H,17,19)/t12-/m0/s1. The van der Waals surface area contributed by atoms with E-state index in [1.807, 2.05) is 13.0 Å². The lowest BCUT2D eigenvalue weighted by Gasteiger charge is -2.16. The first kappa shape index (κ1) is 15.6. The maximum Gasteiger partial charge on any atom is 0.234 e. The molecule has 0 saturated carbocycles. The molecule has 0 spiro atoms. The van der Waals surface area contributed by atoms with Gasteiger partial charge in [0, 0.05) is 19.2 Å². The van der Waals surface area contributed by atoms with Gasteiger partial charge in [-0.2, -0.15) is 0 Å². The fraction of sp³-hybridized carbons (Fsp3) is 0.562. The van der Waals surface area contributed by atoms with Gasteiger partial charge in [-0.1, -0.05) is 0 Å². The first-order chi connectivity index (χ1) is 10.2. The van der Waals surface area contributed by atoms with Crippen LogP contribution >= 0.6 is 0 Å².